The number of halogens is 3. The predicted molar refractivity (Wildman–Crippen MR) is 69.0 cm³/mol. The highest BCUT2D eigenvalue weighted by Gasteiger charge is 2.35. The van der Waals surface area contributed by atoms with Crippen LogP contribution in [0.3, 0.4) is 0 Å². The monoisotopic (exact) mass is 293 g/mol. The van der Waals surface area contributed by atoms with Gasteiger partial charge in [-0.1, -0.05) is 5.16 Å². The lowest BCUT2D eigenvalue weighted by Gasteiger charge is -2.30. The van der Waals surface area contributed by atoms with Crippen LogP contribution in [-0.2, 0) is 7.05 Å². The van der Waals surface area contributed by atoms with Gasteiger partial charge in [-0.25, -0.2) is 0 Å². The topological polar surface area (TPSA) is 79.7 Å². The number of amidine groups is 1. The number of aryl methyl sites for hydroxylation is 2. The first kappa shape index (κ1) is 16.1. The van der Waals surface area contributed by atoms with Crippen molar-refractivity contribution in [2.45, 2.75) is 33.0 Å². The van der Waals surface area contributed by atoms with E-state index < -0.39 is 18.8 Å². The van der Waals surface area contributed by atoms with Gasteiger partial charge in [-0.05, 0) is 20.8 Å². The summed E-state index contributed by atoms with van der Waals surface area (Å²) in [5.41, 5.74) is 6.15. The van der Waals surface area contributed by atoms with Crippen molar-refractivity contribution in [3.05, 3.63) is 11.3 Å². The molecule has 1 aromatic heterocycles. The van der Waals surface area contributed by atoms with Crippen molar-refractivity contribution in [1.29, 1.82) is 0 Å². The fourth-order valence-electron chi connectivity index (χ4n) is 2.02. The van der Waals surface area contributed by atoms with Crippen molar-refractivity contribution >= 4 is 11.7 Å². The summed E-state index contributed by atoms with van der Waals surface area (Å²) >= 11 is 0. The van der Waals surface area contributed by atoms with Gasteiger partial charge in [0, 0.05) is 13.1 Å². The van der Waals surface area contributed by atoms with Gasteiger partial charge >= 0.3 is 6.18 Å². The molecule has 1 aromatic rings. The van der Waals surface area contributed by atoms with E-state index in [1.807, 2.05) is 0 Å². The molecule has 0 aliphatic carbocycles. The molecule has 6 nitrogen and oxygen atoms in total. The van der Waals surface area contributed by atoms with E-state index in [-0.39, 0.29) is 17.2 Å². The number of anilines is 1. The number of rotatable bonds is 4. The van der Waals surface area contributed by atoms with Crippen LogP contribution in [0.5, 0.6) is 0 Å². The summed E-state index contributed by atoms with van der Waals surface area (Å²) < 4.78 is 39.5. The minimum Gasteiger partial charge on any atom is -0.409 e. The van der Waals surface area contributed by atoms with Crippen molar-refractivity contribution in [2.24, 2.45) is 17.9 Å². The van der Waals surface area contributed by atoms with E-state index in [1.54, 1.807) is 20.8 Å². The second kappa shape index (κ2) is 5.59. The molecule has 0 aliphatic rings. The molecule has 0 unspecified atom stereocenters. The molecule has 1 rings (SSSR count). The third-order valence-electron chi connectivity index (χ3n) is 2.80. The van der Waals surface area contributed by atoms with Crippen LogP contribution in [-0.4, -0.2) is 39.6 Å². The standard InChI is InChI=1S/C11H18F3N5O/c1-6(2)19(5-11(12,13)14)10-8(9(15)17-20)7(3)16-18(10)4/h6,20H,5H2,1-4H3,(H2,15,17). The number of oxime groups is 1. The normalized spacial score (nSPS) is 13.1. The van der Waals surface area contributed by atoms with Crippen LogP contribution in [0, 0.1) is 6.92 Å². The number of nitrogens with zero attached hydrogens (tertiary/aromatic N) is 4. The lowest BCUT2D eigenvalue weighted by molar-refractivity contribution is -0.120. The fourth-order valence-corrected chi connectivity index (χ4v) is 2.02. The van der Waals surface area contributed by atoms with Crippen LogP contribution in [0.25, 0.3) is 0 Å². The van der Waals surface area contributed by atoms with Gasteiger partial charge in [-0.3, -0.25) is 4.68 Å². The van der Waals surface area contributed by atoms with Gasteiger partial charge < -0.3 is 15.8 Å². The molecular formula is C11H18F3N5O. The predicted octanol–water partition coefficient (Wildman–Crippen LogP) is 1.60. The SMILES string of the molecule is Cc1nn(C)c(N(CC(F)(F)F)C(C)C)c1C(N)=NO. The number of hydrogen-bond donors (Lipinski definition) is 2. The Hall–Kier alpha value is -1.93. The molecule has 0 spiro atoms. The van der Waals surface area contributed by atoms with Gasteiger partial charge in [0.25, 0.3) is 0 Å². The number of aromatic nitrogens is 2. The summed E-state index contributed by atoms with van der Waals surface area (Å²) in [5, 5.41) is 15.7. The van der Waals surface area contributed by atoms with E-state index in [4.69, 9.17) is 10.9 Å². The third kappa shape index (κ3) is 3.34. The Morgan fingerprint density at radius 3 is 2.45 bits per heavy atom. The zero-order valence-electron chi connectivity index (χ0n) is 11.7. The minimum absolute atomic E-state index is 0.171. The van der Waals surface area contributed by atoms with Crippen LogP contribution in [0.4, 0.5) is 19.0 Å². The van der Waals surface area contributed by atoms with Gasteiger partial charge in [-0.15, -0.1) is 0 Å². The Bertz CT molecular complexity index is 507. The molecule has 114 valence electrons. The summed E-state index contributed by atoms with van der Waals surface area (Å²) in [6.45, 7) is 3.70. The second-order valence-corrected chi connectivity index (χ2v) is 4.73. The molecule has 0 atom stereocenters. The van der Waals surface area contributed by atoms with E-state index in [9.17, 15) is 13.2 Å². The zero-order valence-corrected chi connectivity index (χ0v) is 11.7. The van der Waals surface area contributed by atoms with Crippen LogP contribution < -0.4 is 10.6 Å². The molecule has 0 saturated carbocycles. The van der Waals surface area contributed by atoms with E-state index >= 15 is 0 Å². The molecule has 0 aliphatic heterocycles. The van der Waals surface area contributed by atoms with Crippen molar-refractivity contribution in [3.63, 3.8) is 0 Å². The molecule has 1 heterocycles. The van der Waals surface area contributed by atoms with Crippen molar-refractivity contribution in [1.82, 2.24) is 9.78 Å². The zero-order chi connectivity index (χ0) is 15.7. The molecule has 9 heteroatoms. The highest BCUT2D eigenvalue weighted by molar-refractivity contribution is 6.02. The van der Waals surface area contributed by atoms with Crippen molar-refractivity contribution in [2.75, 3.05) is 11.4 Å². The van der Waals surface area contributed by atoms with E-state index in [0.29, 0.717) is 5.69 Å². The molecule has 0 saturated heterocycles. The molecule has 0 fully saturated rings. The van der Waals surface area contributed by atoms with Crippen LogP contribution in [0.1, 0.15) is 25.1 Å². The maximum atomic E-state index is 12.7. The van der Waals surface area contributed by atoms with Gasteiger partial charge in [-0.2, -0.15) is 18.3 Å². The number of alkyl halides is 3. The summed E-state index contributed by atoms with van der Waals surface area (Å²) in [7, 11) is 1.52. The first-order valence-electron chi connectivity index (χ1n) is 5.93. The molecule has 0 bridgehead atoms. The highest BCUT2D eigenvalue weighted by atomic mass is 19.4. The van der Waals surface area contributed by atoms with Crippen molar-refractivity contribution in [3.8, 4) is 0 Å². The van der Waals surface area contributed by atoms with Crippen LogP contribution >= 0.6 is 0 Å². The highest BCUT2D eigenvalue weighted by Crippen LogP contribution is 2.28. The van der Waals surface area contributed by atoms with Crippen molar-refractivity contribution < 1.29 is 18.4 Å². The Kier molecular flexibility index (Phi) is 4.51. The Balaban J connectivity index is 3.41. The average Bonchev–Trinajstić information content (AvgIpc) is 2.58. The maximum Gasteiger partial charge on any atom is 0.405 e. The smallest absolute Gasteiger partial charge is 0.405 e. The summed E-state index contributed by atoms with van der Waals surface area (Å²) in [6, 6.07) is -0.434. The molecule has 0 amide bonds. The van der Waals surface area contributed by atoms with Gasteiger partial charge in [0.2, 0.25) is 0 Å². The Morgan fingerprint density at radius 2 is 2.05 bits per heavy atom. The Morgan fingerprint density at radius 1 is 1.50 bits per heavy atom. The molecular weight excluding hydrogens is 275 g/mol. The molecule has 0 aromatic carbocycles. The molecule has 0 radical (unpaired) electrons. The first-order chi connectivity index (χ1) is 9.08. The fraction of sp³-hybridized carbons (Fsp3) is 0.636. The summed E-state index contributed by atoms with van der Waals surface area (Å²) in [4.78, 5) is 1.12. The average molecular weight is 293 g/mol. The second-order valence-electron chi connectivity index (χ2n) is 4.73. The largest absolute Gasteiger partial charge is 0.409 e. The van der Waals surface area contributed by atoms with Gasteiger partial charge in [0.15, 0.2) is 5.84 Å². The van der Waals surface area contributed by atoms with E-state index in [0.717, 1.165) is 4.90 Å². The van der Waals surface area contributed by atoms with Crippen LogP contribution in [0.15, 0.2) is 5.16 Å². The van der Waals surface area contributed by atoms with E-state index in [1.165, 1.54) is 11.7 Å². The first-order valence-corrected chi connectivity index (χ1v) is 5.93. The lowest BCUT2D eigenvalue weighted by Crippen LogP contribution is -2.41. The molecule has 3 N–H and O–H groups in total. The Labute approximate surface area is 114 Å². The molecule has 20 heavy (non-hydrogen) atoms. The van der Waals surface area contributed by atoms with Gasteiger partial charge in [0.1, 0.15) is 12.4 Å². The summed E-state index contributed by atoms with van der Waals surface area (Å²) in [5.74, 6) is -0.0939. The maximum absolute atomic E-state index is 12.7. The van der Waals surface area contributed by atoms with E-state index in [2.05, 4.69) is 10.3 Å². The number of hydrogen-bond acceptors (Lipinski definition) is 4. The quantitative estimate of drug-likeness (QED) is 0.382. The lowest BCUT2D eigenvalue weighted by atomic mass is 10.2. The van der Waals surface area contributed by atoms with Crippen LogP contribution in [0.2, 0.25) is 0 Å². The number of nitrogens with two attached hydrogens (primary N) is 1. The van der Waals surface area contributed by atoms with Gasteiger partial charge in [0.05, 0.1) is 11.3 Å². The summed E-state index contributed by atoms with van der Waals surface area (Å²) in [6.07, 6.45) is -4.37. The third-order valence-corrected chi connectivity index (χ3v) is 2.80. The minimum atomic E-state index is -4.37.